The Bertz CT molecular complexity index is 1780. The first-order valence-electron chi connectivity index (χ1n) is 13.7. The summed E-state index contributed by atoms with van der Waals surface area (Å²) in [4.78, 5) is 36.6. The SMILES string of the molecule is CNC(=O)c1c(-c2ccc(F)cc2)oc2cc(N(CCF)S(C)(=O)=O)c(-c3cccc(C(=O)N4CCCC4)c3)cc12.NC=O. The zero-order chi connectivity index (χ0) is 32.0. The summed E-state index contributed by atoms with van der Waals surface area (Å²) in [6, 6.07) is 15.3. The van der Waals surface area contributed by atoms with E-state index in [1.165, 1.54) is 37.4 Å². The minimum atomic E-state index is -3.94. The number of likely N-dealkylation sites (tertiary alicyclic amines) is 1. The molecule has 1 aromatic heterocycles. The molecule has 10 nitrogen and oxygen atoms in total. The molecule has 5 rings (SSSR count). The van der Waals surface area contributed by atoms with Crippen molar-refractivity contribution < 1.29 is 36.0 Å². The van der Waals surface area contributed by atoms with Gasteiger partial charge in [0, 0.05) is 48.3 Å². The molecule has 3 amide bonds. The second kappa shape index (κ2) is 13.7. The van der Waals surface area contributed by atoms with Gasteiger partial charge in [0.2, 0.25) is 16.4 Å². The first kappa shape index (κ1) is 32.1. The number of hydrogen-bond acceptors (Lipinski definition) is 6. The molecule has 4 aromatic rings. The number of benzene rings is 3. The number of sulfonamides is 1. The minimum Gasteiger partial charge on any atom is -0.455 e. The van der Waals surface area contributed by atoms with Gasteiger partial charge in [0.1, 0.15) is 23.8 Å². The van der Waals surface area contributed by atoms with Crippen molar-refractivity contribution in [2.24, 2.45) is 5.73 Å². The smallest absolute Gasteiger partial charge is 0.255 e. The first-order valence-corrected chi connectivity index (χ1v) is 15.6. The summed E-state index contributed by atoms with van der Waals surface area (Å²) in [6.07, 6.45) is 3.09. The standard InChI is InChI=1S/C30H29F2N3O5S.CH3NO/c1-33-29(36)27-24-17-23(20-6-5-7-21(16-20)30(37)34-13-3-4-14-34)25(35(15-12-31)41(2,38)39)18-26(24)40-28(27)19-8-10-22(32)11-9-19;2-1-3/h5-11,16-18H,3-4,12-15H2,1-2H3,(H,33,36);1H,(H2,2,3). The van der Waals surface area contributed by atoms with Gasteiger partial charge in [0.25, 0.3) is 11.8 Å². The number of halogens is 2. The number of hydrogen-bond donors (Lipinski definition) is 2. The van der Waals surface area contributed by atoms with Crippen molar-refractivity contribution in [1.29, 1.82) is 0 Å². The van der Waals surface area contributed by atoms with Crippen LogP contribution in [0.15, 0.2) is 65.1 Å². The van der Waals surface area contributed by atoms with Crippen LogP contribution in [-0.2, 0) is 14.8 Å². The highest BCUT2D eigenvalue weighted by Gasteiger charge is 2.28. The van der Waals surface area contributed by atoms with E-state index in [1.54, 1.807) is 35.2 Å². The van der Waals surface area contributed by atoms with E-state index in [0.29, 0.717) is 40.7 Å². The lowest BCUT2D eigenvalue weighted by Crippen LogP contribution is -2.32. The topological polar surface area (TPSA) is 143 Å². The minimum absolute atomic E-state index is 0.131. The monoisotopic (exact) mass is 626 g/mol. The van der Waals surface area contributed by atoms with Crippen LogP contribution in [0.5, 0.6) is 0 Å². The molecule has 1 saturated heterocycles. The molecule has 0 atom stereocenters. The fourth-order valence-corrected chi connectivity index (χ4v) is 6.10. The van der Waals surface area contributed by atoms with Crippen LogP contribution < -0.4 is 15.4 Å². The molecular formula is C31H32F2N4O6S. The molecule has 0 aliphatic carbocycles. The highest BCUT2D eigenvalue weighted by Crippen LogP contribution is 2.42. The van der Waals surface area contributed by atoms with Crippen molar-refractivity contribution in [2.45, 2.75) is 12.8 Å². The normalized spacial score (nSPS) is 12.9. The molecule has 44 heavy (non-hydrogen) atoms. The predicted octanol–water partition coefficient (Wildman–Crippen LogP) is 4.34. The maximum absolute atomic E-state index is 13.7. The van der Waals surface area contributed by atoms with Crippen LogP contribution in [0, 0.1) is 5.82 Å². The van der Waals surface area contributed by atoms with Crippen LogP contribution >= 0.6 is 0 Å². The molecule has 1 fully saturated rings. The highest BCUT2D eigenvalue weighted by molar-refractivity contribution is 7.92. The molecule has 1 aliphatic heterocycles. The third-order valence-corrected chi connectivity index (χ3v) is 8.32. The number of nitrogens with one attached hydrogen (secondary N) is 1. The zero-order valence-electron chi connectivity index (χ0n) is 24.2. The van der Waals surface area contributed by atoms with Crippen molar-refractivity contribution in [2.75, 3.05) is 43.9 Å². The van der Waals surface area contributed by atoms with Crippen LogP contribution in [0.2, 0.25) is 0 Å². The second-order valence-electron chi connectivity index (χ2n) is 10.00. The van der Waals surface area contributed by atoms with Crippen molar-refractivity contribution >= 4 is 44.9 Å². The van der Waals surface area contributed by atoms with Crippen molar-refractivity contribution in [1.82, 2.24) is 10.2 Å². The molecule has 0 unspecified atom stereocenters. The van der Waals surface area contributed by atoms with Gasteiger partial charge in [0.05, 0.1) is 24.1 Å². The molecule has 232 valence electrons. The summed E-state index contributed by atoms with van der Waals surface area (Å²) in [5.41, 5.74) is 6.38. The van der Waals surface area contributed by atoms with Crippen LogP contribution in [0.3, 0.4) is 0 Å². The summed E-state index contributed by atoms with van der Waals surface area (Å²) in [5.74, 6) is -0.904. The van der Waals surface area contributed by atoms with Gasteiger partial charge in [-0.1, -0.05) is 12.1 Å². The summed E-state index contributed by atoms with van der Waals surface area (Å²) in [7, 11) is -2.48. The van der Waals surface area contributed by atoms with Gasteiger partial charge in [-0.05, 0) is 60.9 Å². The van der Waals surface area contributed by atoms with Crippen LogP contribution in [-0.4, -0.2) is 71.2 Å². The Morgan fingerprint density at radius 3 is 2.32 bits per heavy atom. The van der Waals surface area contributed by atoms with Crippen LogP contribution in [0.4, 0.5) is 14.5 Å². The zero-order valence-corrected chi connectivity index (χ0v) is 25.0. The number of anilines is 1. The quantitative estimate of drug-likeness (QED) is 0.279. The average molecular weight is 627 g/mol. The first-order chi connectivity index (χ1) is 21.0. The largest absolute Gasteiger partial charge is 0.455 e. The lowest BCUT2D eigenvalue weighted by molar-refractivity contribution is -0.106. The highest BCUT2D eigenvalue weighted by atomic mass is 32.2. The third kappa shape index (κ3) is 6.72. The van der Waals surface area contributed by atoms with Gasteiger partial charge in [0.15, 0.2) is 0 Å². The molecule has 3 N–H and O–H groups in total. The van der Waals surface area contributed by atoms with E-state index in [9.17, 15) is 26.8 Å². The van der Waals surface area contributed by atoms with Crippen LogP contribution in [0.1, 0.15) is 33.6 Å². The Kier molecular flexibility index (Phi) is 9.99. The fourth-order valence-electron chi connectivity index (χ4n) is 5.19. The second-order valence-corrected chi connectivity index (χ2v) is 11.9. The average Bonchev–Trinajstić information content (AvgIpc) is 3.67. The Hall–Kier alpha value is -4.78. The Labute approximate surface area is 253 Å². The number of alkyl halides is 1. The van der Waals surface area contributed by atoms with E-state index < -0.39 is 35.0 Å². The van der Waals surface area contributed by atoms with Gasteiger partial charge in [-0.25, -0.2) is 17.2 Å². The van der Waals surface area contributed by atoms with Gasteiger partial charge < -0.3 is 20.4 Å². The molecular weight excluding hydrogens is 594 g/mol. The molecule has 3 aromatic carbocycles. The number of furan rings is 1. The molecule has 13 heteroatoms. The number of rotatable bonds is 8. The molecule has 0 saturated carbocycles. The maximum Gasteiger partial charge on any atom is 0.255 e. The Morgan fingerprint density at radius 2 is 1.73 bits per heavy atom. The van der Waals surface area contributed by atoms with Crippen molar-refractivity contribution in [3.05, 3.63) is 77.6 Å². The molecule has 2 heterocycles. The van der Waals surface area contributed by atoms with E-state index >= 15 is 0 Å². The Morgan fingerprint density at radius 1 is 1.07 bits per heavy atom. The third-order valence-electron chi connectivity index (χ3n) is 7.14. The fraction of sp³-hybridized carbons (Fsp3) is 0.258. The van der Waals surface area contributed by atoms with E-state index in [4.69, 9.17) is 9.21 Å². The van der Waals surface area contributed by atoms with E-state index in [-0.39, 0.29) is 34.9 Å². The van der Waals surface area contributed by atoms with Crippen molar-refractivity contribution in [3.63, 3.8) is 0 Å². The van der Waals surface area contributed by atoms with Gasteiger partial charge in [-0.2, -0.15) is 0 Å². The number of fused-ring (bicyclic) bond motifs is 1. The molecule has 1 aliphatic rings. The molecule has 0 spiro atoms. The summed E-state index contributed by atoms with van der Waals surface area (Å²) < 4.78 is 60.0. The number of primary amides is 1. The summed E-state index contributed by atoms with van der Waals surface area (Å²) >= 11 is 0. The number of carbonyl (C=O) groups is 3. The van der Waals surface area contributed by atoms with Crippen molar-refractivity contribution in [3.8, 4) is 22.5 Å². The molecule has 0 radical (unpaired) electrons. The lowest BCUT2D eigenvalue weighted by atomic mass is 9.97. The maximum atomic E-state index is 13.7. The number of nitrogens with two attached hydrogens (primary N) is 1. The number of nitrogens with zero attached hydrogens (tertiary/aromatic N) is 2. The number of carbonyl (C=O) groups excluding carboxylic acids is 3. The lowest BCUT2D eigenvalue weighted by Gasteiger charge is -2.24. The van der Waals surface area contributed by atoms with Crippen LogP contribution in [0.25, 0.3) is 33.4 Å². The predicted molar refractivity (Wildman–Crippen MR) is 164 cm³/mol. The van der Waals surface area contributed by atoms with E-state index in [1.807, 2.05) is 0 Å². The van der Waals surface area contributed by atoms with E-state index in [2.05, 4.69) is 11.1 Å². The Balaban J connectivity index is 0.00000141. The molecule has 0 bridgehead atoms. The van der Waals surface area contributed by atoms with Gasteiger partial charge >= 0.3 is 0 Å². The van der Waals surface area contributed by atoms with E-state index in [0.717, 1.165) is 23.4 Å². The number of amides is 3. The summed E-state index contributed by atoms with van der Waals surface area (Å²) in [6.45, 7) is -0.0668. The van der Waals surface area contributed by atoms with Gasteiger partial charge in [-0.3, -0.25) is 18.7 Å². The van der Waals surface area contributed by atoms with Gasteiger partial charge in [-0.15, -0.1) is 0 Å². The summed E-state index contributed by atoms with van der Waals surface area (Å²) in [5, 5.41) is 2.97.